The number of rotatable bonds is 5. The van der Waals surface area contributed by atoms with E-state index in [0.717, 1.165) is 37.9 Å². The molecule has 2 unspecified atom stereocenters. The highest BCUT2D eigenvalue weighted by Gasteiger charge is 2.27. The van der Waals surface area contributed by atoms with E-state index in [9.17, 15) is 4.79 Å². The molecule has 104 valence electrons. The first kappa shape index (κ1) is 14.1. The number of nitrogens with two attached hydrogens (primary N) is 1. The van der Waals surface area contributed by atoms with Crippen molar-refractivity contribution in [2.45, 2.75) is 45.6 Å². The Labute approximate surface area is 115 Å². The van der Waals surface area contributed by atoms with Crippen LogP contribution >= 0.6 is 0 Å². The van der Waals surface area contributed by atoms with Crippen molar-refractivity contribution >= 4 is 11.6 Å². The monoisotopic (exact) mass is 260 g/mol. The van der Waals surface area contributed by atoms with Crippen LogP contribution in [0.2, 0.25) is 0 Å². The van der Waals surface area contributed by atoms with Gasteiger partial charge in [0.25, 0.3) is 0 Å². The summed E-state index contributed by atoms with van der Waals surface area (Å²) in [7, 11) is 0. The number of anilines is 1. The molecule has 1 amide bonds. The van der Waals surface area contributed by atoms with Gasteiger partial charge in [-0.05, 0) is 37.8 Å². The molecule has 0 saturated heterocycles. The van der Waals surface area contributed by atoms with E-state index in [-0.39, 0.29) is 17.9 Å². The summed E-state index contributed by atoms with van der Waals surface area (Å²) in [6.07, 6.45) is 3.93. The van der Waals surface area contributed by atoms with Crippen molar-refractivity contribution in [2.75, 3.05) is 11.4 Å². The first-order valence-corrected chi connectivity index (χ1v) is 7.24. The zero-order valence-electron chi connectivity index (χ0n) is 11.9. The van der Waals surface area contributed by atoms with Crippen LogP contribution in [0.4, 0.5) is 5.69 Å². The van der Waals surface area contributed by atoms with Crippen LogP contribution in [0.3, 0.4) is 0 Å². The Bertz CT molecular complexity index is 442. The molecular weight excluding hydrogens is 236 g/mol. The fourth-order valence-corrected chi connectivity index (χ4v) is 2.70. The summed E-state index contributed by atoms with van der Waals surface area (Å²) < 4.78 is 0. The Kier molecular flexibility index (Phi) is 4.59. The van der Waals surface area contributed by atoms with Crippen LogP contribution in [0.1, 0.15) is 38.7 Å². The van der Waals surface area contributed by atoms with Gasteiger partial charge in [-0.15, -0.1) is 0 Å². The van der Waals surface area contributed by atoms with Crippen LogP contribution in [0.15, 0.2) is 24.3 Å². The maximum absolute atomic E-state index is 12.5. The minimum atomic E-state index is 0.0879. The van der Waals surface area contributed by atoms with Gasteiger partial charge in [0.1, 0.15) is 0 Å². The first-order valence-electron chi connectivity index (χ1n) is 7.24. The van der Waals surface area contributed by atoms with Crippen molar-refractivity contribution in [1.29, 1.82) is 0 Å². The van der Waals surface area contributed by atoms with Gasteiger partial charge in [0.05, 0.1) is 0 Å². The summed E-state index contributed by atoms with van der Waals surface area (Å²) in [6.45, 7) is 4.88. The van der Waals surface area contributed by atoms with E-state index in [1.807, 2.05) is 30.9 Å². The van der Waals surface area contributed by atoms with Gasteiger partial charge in [0.15, 0.2) is 0 Å². The zero-order valence-corrected chi connectivity index (χ0v) is 11.9. The molecule has 1 heterocycles. The molecule has 19 heavy (non-hydrogen) atoms. The normalized spacial score (nSPS) is 17.1. The number of nitrogens with zero attached hydrogens (tertiary/aromatic N) is 1. The Morgan fingerprint density at radius 3 is 2.79 bits per heavy atom. The van der Waals surface area contributed by atoms with Gasteiger partial charge in [-0.1, -0.05) is 31.5 Å². The van der Waals surface area contributed by atoms with Crippen molar-refractivity contribution in [1.82, 2.24) is 0 Å². The van der Waals surface area contributed by atoms with Gasteiger partial charge in [0.2, 0.25) is 5.91 Å². The van der Waals surface area contributed by atoms with Crippen LogP contribution in [0.5, 0.6) is 0 Å². The van der Waals surface area contributed by atoms with Gasteiger partial charge in [-0.25, -0.2) is 0 Å². The highest BCUT2D eigenvalue weighted by Crippen LogP contribution is 2.29. The average molecular weight is 260 g/mol. The number of benzene rings is 1. The predicted molar refractivity (Wildman–Crippen MR) is 79.2 cm³/mol. The third-order valence-electron chi connectivity index (χ3n) is 3.87. The molecule has 0 saturated carbocycles. The largest absolute Gasteiger partial charge is 0.328 e. The van der Waals surface area contributed by atoms with E-state index >= 15 is 0 Å². The third-order valence-corrected chi connectivity index (χ3v) is 3.87. The van der Waals surface area contributed by atoms with Crippen LogP contribution in [-0.2, 0) is 11.2 Å². The molecular formula is C16H24N2O. The number of amides is 1. The summed E-state index contributed by atoms with van der Waals surface area (Å²) in [5.74, 6) is 0.347. The van der Waals surface area contributed by atoms with Crippen molar-refractivity contribution in [3.05, 3.63) is 29.8 Å². The molecule has 0 aromatic heterocycles. The summed E-state index contributed by atoms with van der Waals surface area (Å²) in [6, 6.07) is 8.44. The van der Waals surface area contributed by atoms with Crippen LogP contribution in [-0.4, -0.2) is 18.5 Å². The zero-order chi connectivity index (χ0) is 13.8. The van der Waals surface area contributed by atoms with Gasteiger partial charge in [-0.3, -0.25) is 4.79 Å². The Morgan fingerprint density at radius 2 is 2.05 bits per heavy atom. The molecule has 3 nitrogen and oxygen atoms in total. The molecule has 0 bridgehead atoms. The highest BCUT2D eigenvalue weighted by molar-refractivity contribution is 5.96. The van der Waals surface area contributed by atoms with E-state index in [0.29, 0.717) is 0 Å². The van der Waals surface area contributed by atoms with Crippen LogP contribution in [0, 0.1) is 5.92 Å². The van der Waals surface area contributed by atoms with Gasteiger partial charge in [0, 0.05) is 24.2 Å². The Hall–Kier alpha value is -1.35. The molecule has 0 aliphatic carbocycles. The van der Waals surface area contributed by atoms with Crippen molar-refractivity contribution < 1.29 is 4.79 Å². The second kappa shape index (κ2) is 6.20. The molecule has 2 rings (SSSR count). The lowest BCUT2D eigenvalue weighted by Gasteiger charge is -2.21. The number of para-hydroxylation sites is 1. The maximum atomic E-state index is 12.5. The topological polar surface area (TPSA) is 46.3 Å². The van der Waals surface area contributed by atoms with Crippen LogP contribution < -0.4 is 10.6 Å². The number of hydrogen-bond donors (Lipinski definition) is 1. The van der Waals surface area contributed by atoms with Gasteiger partial charge in [-0.2, -0.15) is 0 Å². The van der Waals surface area contributed by atoms with Crippen molar-refractivity contribution in [3.8, 4) is 0 Å². The quantitative estimate of drug-likeness (QED) is 0.885. The van der Waals surface area contributed by atoms with Crippen molar-refractivity contribution in [3.63, 3.8) is 0 Å². The number of carbonyl (C=O) groups is 1. The van der Waals surface area contributed by atoms with E-state index < -0.39 is 0 Å². The second-order valence-corrected chi connectivity index (χ2v) is 5.68. The van der Waals surface area contributed by atoms with Gasteiger partial charge >= 0.3 is 0 Å². The maximum Gasteiger partial charge on any atom is 0.229 e. The molecule has 1 aliphatic rings. The van der Waals surface area contributed by atoms with Crippen molar-refractivity contribution in [2.24, 2.45) is 11.7 Å². The fraction of sp³-hybridized carbons (Fsp3) is 0.562. The Balaban J connectivity index is 1.94. The average Bonchev–Trinajstić information content (AvgIpc) is 2.81. The van der Waals surface area contributed by atoms with E-state index in [4.69, 9.17) is 5.73 Å². The summed E-state index contributed by atoms with van der Waals surface area (Å²) in [5, 5.41) is 0. The summed E-state index contributed by atoms with van der Waals surface area (Å²) in [4.78, 5) is 14.4. The first-order chi connectivity index (χ1) is 9.09. The molecule has 1 aliphatic heterocycles. The number of fused-ring (bicyclic) bond motifs is 1. The lowest BCUT2D eigenvalue weighted by Crippen LogP contribution is -2.33. The molecule has 0 radical (unpaired) electrons. The highest BCUT2D eigenvalue weighted by atomic mass is 16.2. The Morgan fingerprint density at radius 1 is 1.32 bits per heavy atom. The second-order valence-electron chi connectivity index (χ2n) is 5.68. The molecule has 0 fully saturated rings. The van der Waals surface area contributed by atoms with E-state index in [2.05, 4.69) is 12.1 Å². The summed E-state index contributed by atoms with van der Waals surface area (Å²) in [5.41, 5.74) is 8.14. The fourth-order valence-electron chi connectivity index (χ4n) is 2.70. The molecule has 1 aromatic rings. The van der Waals surface area contributed by atoms with E-state index in [1.54, 1.807) is 0 Å². The molecule has 2 atom stereocenters. The number of carbonyl (C=O) groups excluding carboxylic acids is 1. The SMILES string of the molecule is CC(N)CCCC(C)C(=O)N1CCc2ccccc21. The smallest absolute Gasteiger partial charge is 0.229 e. The minimum Gasteiger partial charge on any atom is -0.328 e. The summed E-state index contributed by atoms with van der Waals surface area (Å²) >= 11 is 0. The third kappa shape index (κ3) is 3.35. The molecule has 2 N–H and O–H groups in total. The molecule has 3 heteroatoms. The lowest BCUT2D eigenvalue weighted by atomic mass is 10.0. The minimum absolute atomic E-state index is 0.0879. The van der Waals surface area contributed by atoms with Crippen LogP contribution in [0.25, 0.3) is 0 Å². The molecule has 1 aromatic carbocycles. The van der Waals surface area contributed by atoms with Gasteiger partial charge < -0.3 is 10.6 Å². The lowest BCUT2D eigenvalue weighted by molar-refractivity contribution is -0.122. The predicted octanol–water partition coefficient (Wildman–Crippen LogP) is 2.73. The van der Waals surface area contributed by atoms with E-state index in [1.165, 1.54) is 5.56 Å². The standard InChI is InChI=1S/C16H24N2O/c1-12(6-5-7-13(2)17)16(19)18-11-10-14-8-3-4-9-15(14)18/h3-4,8-9,12-13H,5-7,10-11,17H2,1-2H3. The molecule has 0 spiro atoms. The number of hydrogen-bond acceptors (Lipinski definition) is 2.